The van der Waals surface area contributed by atoms with E-state index >= 15 is 0 Å². The zero-order chi connectivity index (χ0) is 10.3. The standard InChI is InChI=1S/C9H15FO3/c1-3-5-7(10)8(11)6-9(12)13-4-2/h7H,3-6H2,1-2H3. The molecule has 0 amide bonds. The normalized spacial score (nSPS) is 12.2. The first kappa shape index (κ1) is 12.1. The second-order valence-electron chi connectivity index (χ2n) is 2.70. The average Bonchev–Trinajstić information content (AvgIpc) is 2.05. The maximum Gasteiger partial charge on any atom is 0.313 e. The smallest absolute Gasteiger partial charge is 0.313 e. The van der Waals surface area contributed by atoms with E-state index in [1.54, 1.807) is 13.8 Å². The molecule has 0 saturated heterocycles. The summed E-state index contributed by atoms with van der Waals surface area (Å²) in [6, 6.07) is 0. The molecule has 1 atom stereocenters. The first-order valence-electron chi connectivity index (χ1n) is 4.44. The van der Waals surface area contributed by atoms with E-state index in [1.165, 1.54) is 0 Å². The van der Waals surface area contributed by atoms with Crippen LogP contribution in [0.3, 0.4) is 0 Å². The molecule has 0 radical (unpaired) electrons. The summed E-state index contributed by atoms with van der Waals surface area (Å²) < 4.78 is 17.4. The molecule has 0 aliphatic rings. The lowest BCUT2D eigenvalue weighted by Crippen LogP contribution is -2.20. The molecule has 3 nitrogen and oxygen atoms in total. The molecule has 0 aliphatic carbocycles. The van der Waals surface area contributed by atoms with Gasteiger partial charge in [0.15, 0.2) is 12.0 Å². The van der Waals surface area contributed by atoms with E-state index in [9.17, 15) is 14.0 Å². The van der Waals surface area contributed by atoms with Crippen molar-refractivity contribution in [1.29, 1.82) is 0 Å². The van der Waals surface area contributed by atoms with Crippen molar-refractivity contribution in [3.05, 3.63) is 0 Å². The fourth-order valence-corrected chi connectivity index (χ4v) is 0.879. The van der Waals surface area contributed by atoms with Crippen LogP contribution in [0.15, 0.2) is 0 Å². The van der Waals surface area contributed by atoms with Crippen LogP contribution in [0.2, 0.25) is 0 Å². The molecule has 0 spiro atoms. The molecule has 0 saturated carbocycles. The number of esters is 1. The van der Waals surface area contributed by atoms with Crippen LogP contribution in [0, 0.1) is 0 Å². The summed E-state index contributed by atoms with van der Waals surface area (Å²) in [5, 5.41) is 0. The fraction of sp³-hybridized carbons (Fsp3) is 0.778. The minimum atomic E-state index is -1.52. The monoisotopic (exact) mass is 190 g/mol. The van der Waals surface area contributed by atoms with Gasteiger partial charge in [0.25, 0.3) is 0 Å². The van der Waals surface area contributed by atoms with E-state index < -0.39 is 24.3 Å². The predicted molar refractivity (Wildman–Crippen MR) is 46.1 cm³/mol. The van der Waals surface area contributed by atoms with Gasteiger partial charge in [-0.1, -0.05) is 13.3 Å². The van der Waals surface area contributed by atoms with Crippen molar-refractivity contribution in [1.82, 2.24) is 0 Å². The highest BCUT2D eigenvalue weighted by Crippen LogP contribution is 2.05. The van der Waals surface area contributed by atoms with Gasteiger partial charge in [0.1, 0.15) is 6.42 Å². The van der Waals surface area contributed by atoms with Crippen LogP contribution in [-0.2, 0) is 14.3 Å². The maximum absolute atomic E-state index is 12.8. The van der Waals surface area contributed by atoms with Crippen LogP contribution >= 0.6 is 0 Å². The number of carbonyl (C=O) groups is 2. The van der Waals surface area contributed by atoms with Crippen molar-refractivity contribution in [2.75, 3.05) is 6.61 Å². The van der Waals surface area contributed by atoms with E-state index in [-0.39, 0.29) is 13.0 Å². The van der Waals surface area contributed by atoms with Gasteiger partial charge in [0, 0.05) is 0 Å². The van der Waals surface area contributed by atoms with Crippen molar-refractivity contribution >= 4 is 11.8 Å². The second kappa shape index (κ2) is 6.57. The number of halogens is 1. The highest BCUT2D eigenvalue weighted by Gasteiger charge is 2.19. The number of rotatable bonds is 6. The Morgan fingerprint density at radius 1 is 1.38 bits per heavy atom. The summed E-state index contributed by atoms with van der Waals surface area (Å²) in [5.41, 5.74) is 0. The first-order valence-corrected chi connectivity index (χ1v) is 4.44. The van der Waals surface area contributed by atoms with E-state index in [1.807, 2.05) is 0 Å². The molecule has 0 bridgehead atoms. The third kappa shape index (κ3) is 5.33. The number of carbonyl (C=O) groups excluding carboxylic acids is 2. The highest BCUT2D eigenvalue weighted by atomic mass is 19.1. The van der Waals surface area contributed by atoms with Crippen molar-refractivity contribution in [3.63, 3.8) is 0 Å². The predicted octanol–water partition coefficient (Wildman–Crippen LogP) is 1.65. The molecule has 0 aromatic heterocycles. The quantitative estimate of drug-likeness (QED) is 0.472. The number of ketones is 1. The Labute approximate surface area is 77.3 Å². The Kier molecular flexibility index (Phi) is 6.10. The van der Waals surface area contributed by atoms with Gasteiger partial charge in [-0.05, 0) is 13.3 Å². The van der Waals surface area contributed by atoms with Gasteiger partial charge in [0.05, 0.1) is 6.61 Å². The Bertz CT molecular complexity index is 180. The lowest BCUT2D eigenvalue weighted by atomic mass is 10.1. The summed E-state index contributed by atoms with van der Waals surface area (Å²) >= 11 is 0. The molecule has 0 rings (SSSR count). The number of alkyl halides is 1. The molecule has 1 unspecified atom stereocenters. The molecule has 0 aromatic rings. The summed E-state index contributed by atoms with van der Waals surface area (Å²) in [7, 11) is 0. The molecular formula is C9H15FO3. The number of hydrogen-bond acceptors (Lipinski definition) is 3. The van der Waals surface area contributed by atoms with Gasteiger partial charge in [-0.15, -0.1) is 0 Å². The minimum Gasteiger partial charge on any atom is -0.466 e. The second-order valence-corrected chi connectivity index (χ2v) is 2.70. The van der Waals surface area contributed by atoms with Crippen molar-refractivity contribution in [2.45, 2.75) is 39.3 Å². The largest absolute Gasteiger partial charge is 0.466 e. The molecule has 0 fully saturated rings. The Morgan fingerprint density at radius 2 is 2.00 bits per heavy atom. The van der Waals surface area contributed by atoms with Gasteiger partial charge >= 0.3 is 5.97 Å². The van der Waals surface area contributed by atoms with E-state index in [0.29, 0.717) is 6.42 Å². The molecule has 13 heavy (non-hydrogen) atoms. The van der Waals surface area contributed by atoms with Crippen LogP contribution in [0.4, 0.5) is 4.39 Å². The van der Waals surface area contributed by atoms with E-state index in [4.69, 9.17) is 0 Å². The third-order valence-electron chi connectivity index (χ3n) is 1.52. The van der Waals surface area contributed by atoms with Gasteiger partial charge in [-0.25, -0.2) is 4.39 Å². The van der Waals surface area contributed by atoms with Crippen LogP contribution in [-0.4, -0.2) is 24.5 Å². The lowest BCUT2D eigenvalue weighted by Gasteiger charge is -2.04. The van der Waals surface area contributed by atoms with Crippen LogP contribution in [0.5, 0.6) is 0 Å². The molecule has 0 aliphatic heterocycles. The van der Waals surface area contributed by atoms with Crippen LogP contribution in [0.1, 0.15) is 33.1 Å². The van der Waals surface area contributed by atoms with Gasteiger partial charge in [-0.3, -0.25) is 9.59 Å². The van der Waals surface area contributed by atoms with Crippen LogP contribution < -0.4 is 0 Å². The molecular weight excluding hydrogens is 175 g/mol. The molecule has 76 valence electrons. The van der Waals surface area contributed by atoms with Crippen molar-refractivity contribution < 1.29 is 18.7 Å². The fourth-order valence-electron chi connectivity index (χ4n) is 0.879. The zero-order valence-corrected chi connectivity index (χ0v) is 8.01. The summed E-state index contributed by atoms with van der Waals surface area (Å²) in [6.45, 7) is 3.64. The average molecular weight is 190 g/mol. The van der Waals surface area contributed by atoms with E-state index in [0.717, 1.165) is 0 Å². The van der Waals surface area contributed by atoms with Gasteiger partial charge in [0.2, 0.25) is 0 Å². The number of hydrogen-bond donors (Lipinski definition) is 0. The van der Waals surface area contributed by atoms with Gasteiger partial charge < -0.3 is 4.74 Å². The highest BCUT2D eigenvalue weighted by molar-refractivity contribution is 5.97. The van der Waals surface area contributed by atoms with E-state index in [2.05, 4.69) is 4.74 Å². The SMILES string of the molecule is CCCC(F)C(=O)CC(=O)OCC. The summed E-state index contributed by atoms with van der Waals surface area (Å²) in [5.74, 6) is -1.33. The molecule has 4 heteroatoms. The summed E-state index contributed by atoms with van der Waals surface area (Å²) in [4.78, 5) is 21.7. The summed E-state index contributed by atoms with van der Waals surface area (Å²) in [6.07, 6.45) is -1.20. The lowest BCUT2D eigenvalue weighted by molar-refractivity contribution is -0.146. The maximum atomic E-state index is 12.8. The Hall–Kier alpha value is -0.930. The molecule has 0 aromatic carbocycles. The third-order valence-corrected chi connectivity index (χ3v) is 1.52. The topological polar surface area (TPSA) is 43.4 Å². The molecule has 0 heterocycles. The van der Waals surface area contributed by atoms with Gasteiger partial charge in [-0.2, -0.15) is 0 Å². The first-order chi connectivity index (χ1) is 6.11. The number of ether oxygens (including phenoxy) is 1. The zero-order valence-electron chi connectivity index (χ0n) is 8.01. The number of Topliss-reactive ketones (excluding diaryl/α,β-unsaturated/α-hetero) is 1. The molecule has 0 N–H and O–H groups in total. The Morgan fingerprint density at radius 3 is 2.46 bits per heavy atom. The van der Waals surface area contributed by atoms with Crippen molar-refractivity contribution in [3.8, 4) is 0 Å². The van der Waals surface area contributed by atoms with Crippen LogP contribution in [0.25, 0.3) is 0 Å². The Balaban J connectivity index is 3.78. The van der Waals surface area contributed by atoms with Crippen molar-refractivity contribution in [2.24, 2.45) is 0 Å². The minimum absolute atomic E-state index is 0.179.